The Bertz CT molecular complexity index is 1580. The number of carbonyl (C=O) groups is 2. The molecular formula is C66H119N2O7P. The van der Waals surface area contributed by atoms with Gasteiger partial charge in [-0.15, -0.1) is 0 Å². The molecule has 0 aromatic rings. The summed E-state index contributed by atoms with van der Waals surface area (Å²) >= 11 is 0. The van der Waals surface area contributed by atoms with Crippen LogP contribution in [0.3, 0.4) is 0 Å². The van der Waals surface area contributed by atoms with E-state index in [-0.39, 0.29) is 24.9 Å². The Morgan fingerprint density at radius 1 is 0.474 bits per heavy atom. The average Bonchev–Trinajstić information content (AvgIpc) is 3.38. The van der Waals surface area contributed by atoms with Crippen LogP contribution < -0.4 is 10.2 Å². The molecule has 10 heteroatoms. The molecule has 0 saturated heterocycles. The molecule has 1 N–H and O–H groups in total. The van der Waals surface area contributed by atoms with Gasteiger partial charge in [-0.3, -0.25) is 14.2 Å². The van der Waals surface area contributed by atoms with Crippen LogP contribution in [0.1, 0.15) is 271 Å². The lowest BCUT2D eigenvalue weighted by molar-refractivity contribution is -0.870. The van der Waals surface area contributed by atoms with Crippen LogP contribution in [0.15, 0.2) is 85.1 Å². The fourth-order valence-electron chi connectivity index (χ4n) is 8.72. The van der Waals surface area contributed by atoms with Crippen LogP contribution in [0.25, 0.3) is 0 Å². The van der Waals surface area contributed by atoms with Crippen molar-refractivity contribution >= 4 is 19.7 Å². The first-order valence-electron chi connectivity index (χ1n) is 31.4. The van der Waals surface area contributed by atoms with E-state index in [4.69, 9.17) is 13.8 Å². The first-order valence-corrected chi connectivity index (χ1v) is 32.9. The zero-order valence-corrected chi connectivity index (χ0v) is 51.1. The number of likely N-dealkylation sites (N-methyl/N-ethyl adjacent to an activating group) is 1. The molecule has 0 aliphatic heterocycles. The van der Waals surface area contributed by atoms with Gasteiger partial charge in [-0.2, -0.15) is 0 Å². The summed E-state index contributed by atoms with van der Waals surface area (Å²) in [5.74, 6) is -0.561. The zero-order valence-electron chi connectivity index (χ0n) is 50.2. The summed E-state index contributed by atoms with van der Waals surface area (Å²) in [6.45, 7) is 6.69. The molecular weight excluding hydrogens is 964 g/mol. The van der Waals surface area contributed by atoms with Crippen LogP contribution in [0.4, 0.5) is 0 Å². The van der Waals surface area contributed by atoms with Crippen LogP contribution in [-0.2, 0) is 27.9 Å². The predicted molar refractivity (Wildman–Crippen MR) is 325 cm³/mol. The molecule has 0 heterocycles. The van der Waals surface area contributed by atoms with E-state index in [1.807, 2.05) is 33.3 Å². The van der Waals surface area contributed by atoms with Gasteiger partial charge in [0.05, 0.1) is 33.8 Å². The molecule has 0 aliphatic carbocycles. The van der Waals surface area contributed by atoms with Crippen molar-refractivity contribution in [2.24, 2.45) is 0 Å². The maximum Gasteiger partial charge on any atom is 0.306 e. The summed E-state index contributed by atoms with van der Waals surface area (Å²) in [7, 11) is 1.17. The smallest absolute Gasteiger partial charge is 0.306 e. The van der Waals surface area contributed by atoms with Crippen molar-refractivity contribution in [3.05, 3.63) is 85.1 Å². The molecule has 3 unspecified atom stereocenters. The molecule has 9 nitrogen and oxygen atoms in total. The van der Waals surface area contributed by atoms with Gasteiger partial charge >= 0.3 is 5.97 Å². The van der Waals surface area contributed by atoms with Gasteiger partial charge in [0.15, 0.2) is 0 Å². The highest BCUT2D eigenvalue weighted by molar-refractivity contribution is 7.45. The standard InChI is InChI=1S/C66H119N2O7P/c1-7-10-13-16-19-22-25-27-29-31-32-33-34-35-36-37-39-41-44-47-50-53-56-59-66(70)75-64(57-54-51-48-45-42-24-21-18-15-12-9-3)63(62-74-76(71,72)73-61-60-68(4,5)6)67-65(69)58-55-52-49-46-43-40-38-30-28-26-23-20-17-14-11-8-2/h11,14,19-20,22-23,27-30,32-33,54,57,63-64H,7-10,12-13,15-18,21,24-26,31,34-53,55-56,58-62H2,1-6H3,(H-,67,69,71,72)/b14-11+,22-19-,23-20+,29-27-,30-28+,33-32-,57-54-. The van der Waals surface area contributed by atoms with Gasteiger partial charge in [0.1, 0.15) is 19.3 Å². The summed E-state index contributed by atoms with van der Waals surface area (Å²) in [5.41, 5.74) is 0. The van der Waals surface area contributed by atoms with Crippen LogP contribution >= 0.6 is 7.82 Å². The number of unbranched alkanes of at least 4 members (excludes halogenated alkanes) is 28. The Kier molecular flexibility index (Phi) is 53.5. The second-order valence-corrected chi connectivity index (χ2v) is 23.6. The van der Waals surface area contributed by atoms with Crippen LogP contribution in [0.2, 0.25) is 0 Å². The fraction of sp³-hybridized carbons (Fsp3) is 0.758. The highest BCUT2D eigenvalue weighted by Crippen LogP contribution is 2.38. The summed E-state index contributed by atoms with van der Waals surface area (Å²) < 4.78 is 30.3. The Hall–Kier alpha value is -2.81. The van der Waals surface area contributed by atoms with E-state index in [1.54, 1.807) is 0 Å². The fourth-order valence-corrected chi connectivity index (χ4v) is 9.44. The van der Waals surface area contributed by atoms with Gasteiger partial charge < -0.3 is 28.5 Å². The molecule has 0 aromatic heterocycles. The number of esters is 1. The number of carbonyl (C=O) groups excluding carboxylic acids is 2. The number of amides is 1. The second kappa shape index (κ2) is 55.5. The molecule has 0 bridgehead atoms. The lowest BCUT2D eigenvalue weighted by Crippen LogP contribution is -2.47. The third-order valence-electron chi connectivity index (χ3n) is 13.6. The lowest BCUT2D eigenvalue weighted by Gasteiger charge is -2.30. The first-order chi connectivity index (χ1) is 36.9. The van der Waals surface area contributed by atoms with Crippen LogP contribution in [0.5, 0.6) is 0 Å². The first kappa shape index (κ1) is 73.2. The second-order valence-electron chi connectivity index (χ2n) is 22.2. The van der Waals surface area contributed by atoms with E-state index in [2.05, 4.69) is 99.0 Å². The van der Waals surface area contributed by atoms with Gasteiger partial charge in [-0.05, 0) is 102 Å². The largest absolute Gasteiger partial charge is 0.756 e. The minimum absolute atomic E-state index is 0.0289. The Balaban J connectivity index is 5.18. The lowest BCUT2D eigenvalue weighted by atomic mass is 10.0. The van der Waals surface area contributed by atoms with Crippen LogP contribution in [0, 0.1) is 0 Å². The minimum atomic E-state index is -4.71. The van der Waals surface area contributed by atoms with Crippen molar-refractivity contribution in [3.8, 4) is 0 Å². The maximum atomic E-state index is 13.5. The molecule has 3 atom stereocenters. The number of nitrogens with one attached hydrogen (secondary N) is 1. The van der Waals surface area contributed by atoms with Gasteiger partial charge in [0, 0.05) is 12.8 Å². The van der Waals surface area contributed by atoms with E-state index in [9.17, 15) is 19.0 Å². The molecule has 1 amide bonds. The van der Waals surface area contributed by atoms with E-state index in [1.165, 1.54) is 109 Å². The topological polar surface area (TPSA) is 114 Å². The molecule has 0 fully saturated rings. The third-order valence-corrected chi connectivity index (χ3v) is 14.5. The quantitative estimate of drug-likeness (QED) is 0.0212. The monoisotopic (exact) mass is 1080 g/mol. The minimum Gasteiger partial charge on any atom is -0.756 e. The molecule has 0 aliphatic rings. The number of hydrogen-bond acceptors (Lipinski definition) is 7. The number of phosphoric ester groups is 1. The van der Waals surface area contributed by atoms with E-state index >= 15 is 0 Å². The van der Waals surface area contributed by atoms with Crippen molar-refractivity contribution in [2.45, 2.75) is 283 Å². The summed E-state index contributed by atoms with van der Waals surface area (Å²) in [6, 6.07) is -0.900. The van der Waals surface area contributed by atoms with Crippen molar-refractivity contribution < 1.29 is 37.3 Å². The predicted octanol–water partition coefficient (Wildman–Crippen LogP) is 18.8. The van der Waals surface area contributed by atoms with Crippen molar-refractivity contribution in [1.29, 1.82) is 0 Å². The Morgan fingerprint density at radius 3 is 1.29 bits per heavy atom. The van der Waals surface area contributed by atoms with Gasteiger partial charge in [0.2, 0.25) is 5.91 Å². The van der Waals surface area contributed by atoms with Crippen molar-refractivity contribution in [1.82, 2.24) is 5.32 Å². The number of quaternary nitrogens is 1. The van der Waals surface area contributed by atoms with Gasteiger partial charge in [-0.1, -0.05) is 241 Å². The molecule has 0 spiro atoms. The van der Waals surface area contributed by atoms with Crippen molar-refractivity contribution in [2.75, 3.05) is 40.9 Å². The van der Waals surface area contributed by atoms with Crippen LogP contribution in [-0.4, -0.2) is 69.4 Å². The SMILES string of the molecule is CC/C=C/C/C=C/C/C=C/CCCCCCCCC(=O)NC(COP(=O)([O-])OCC[N+](C)(C)C)C(/C=C\CCCCCCCCCCC)OC(=O)CCCCCCCCCCCC/C=C\C/C=C\C/C=C\CCCCC. The molecule has 0 rings (SSSR count). The third kappa shape index (κ3) is 55.9. The van der Waals surface area contributed by atoms with Crippen molar-refractivity contribution in [3.63, 3.8) is 0 Å². The molecule has 0 saturated carbocycles. The zero-order chi connectivity index (χ0) is 55.7. The number of phosphoric acid groups is 1. The number of allylic oxidation sites excluding steroid dienone is 13. The number of hydrogen-bond donors (Lipinski definition) is 1. The van der Waals surface area contributed by atoms with E-state index < -0.39 is 26.6 Å². The average molecular weight is 1080 g/mol. The molecule has 440 valence electrons. The summed E-state index contributed by atoms with van der Waals surface area (Å²) in [4.78, 5) is 40.0. The van der Waals surface area contributed by atoms with E-state index in [0.29, 0.717) is 17.4 Å². The summed E-state index contributed by atoms with van der Waals surface area (Å²) in [6.07, 6.45) is 72.6. The number of ether oxygens (including phenoxy) is 1. The highest BCUT2D eigenvalue weighted by atomic mass is 31.2. The Labute approximate surface area is 469 Å². The normalized spacial score (nSPS) is 14.2. The molecule has 0 radical (unpaired) electrons. The highest BCUT2D eigenvalue weighted by Gasteiger charge is 2.27. The van der Waals surface area contributed by atoms with E-state index in [0.717, 1.165) is 128 Å². The van der Waals surface area contributed by atoms with Gasteiger partial charge in [0.25, 0.3) is 7.82 Å². The molecule has 76 heavy (non-hydrogen) atoms. The van der Waals surface area contributed by atoms with Gasteiger partial charge in [-0.25, -0.2) is 0 Å². The number of nitrogens with zero attached hydrogens (tertiary/aromatic N) is 1. The Morgan fingerprint density at radius 2 is 0.842 bits per heavy atom. The molecule has 0 aromatic carbocycles. The summed E-state index contributed by atoms with van der Waals surface area (Å²) in [5, 5.41) is 3.02. The maximum absolute atomic E-state index is 13.5. The number of rotatable bonds is 56.